The fourth-order valence-electron chi connectivity index (χ4n) is 7.33. The Labute approximate surface area is 285 Å². The number of ether oxygens (including phenoxy) is 2. The van der Waals surface area contributed by atoms with Crippen molar-refractivity contribution in [1.29, 1.82) is 0 Å². The number of hydrogen-bond donors (Lipinski definition) is 0. The number of benzene rings is 6. The quantitative estimate of drug-likeness (QED) is 0.181. The largest absolute Gasteiger partial charge is 0.454 e. The molecule has 3 nitrogen and oxygen atoms in total. The first kappa shape index (κ1) is 28.6. The summed E-state index contributed by atoms with van der Waals surface area (Å²) in [5, 5.41) is 1.15. The molecule has 1 aromatic heterocycles. The molecule has 4 heteroatoms. The zero-order valence-electron chi connectivity index (χ0n) is 26.8. The second-order valence-electron chi connectivity index (χ2n) is 12.9. The molecule has 0 unspecified atom stereocenters. The van der Waals surface area contributed by atoms with Gasteiger partial charge in [-0.3, -0.25) is 0 Å². The van der Waals surface area contributed by atoms with E-state index in [0.717, 1.165) is 39.0 Å². The van der Waals surface area contributed by atoms with Gasteiger partial charge in [0.05, 0.1) is 0 Å². The van der Waals surface area contributed by atoms with E-state index in [1.807, 2.05) is 17.4 Å². The van der Waals surface area contributed by atoms with Crippen LogP contribution < -0.4 is 14.4 Å². The van der Waals surface area contributed by atoms with Gasteiger partial charge >= 0.3 is 0 Å². The predicted octanol–water partition coefficient (Wildman–Crippen LogP) is 12.3. The smallest absolute Gasteiger partial charge is 0.231 e. The van der Waals surface area contributed by atoms with Crippen LogP contribution in [-0.2, 0) is 5.41 Å². The van der Waals surface area contributed by atoms with Crippen LogP contribution in [0.5, 0.6) is 11.5 Å². The lowest BCUT2D eigenvalue weighted by Gasteiger charge is -2.28. The lowest BCUT2D eigenvalue weighted by atomic mass is 9.81. The Morgan fingerprint density at radius 3 is 2.02 bits per heavy atom. The zero-order valence-corrected chi connectivity index (χ0v) is 27.6. The Morgan fingerprint density at radius 2 is 1.23 bits per heavy atom. The number of para-hydroxylation sites is 1. The molecule has 9 rings (SSSR count). The first-order chi connectivity index (χ1) is 23.6. The zero-order chi connectivity index (χ0) is 32.2. The van der Waals surface area contributed by atoms with Crippen LogP contribution in [0, 0.1) is 0 Å². The molecule has 1 aliphatic heterocycles. The van der Waals surface area contributed by atoms with Gasteiger partial charge in [-0.05, 0) is 87.0 Å². The minimum atomic E-state index is -0.195. The van der Waals surface area contributed by atoms with Crippen molar-refractivity contribution in [2.24, 2.45) is 0 Å². The summed E-state index contributed by atoms with van der Waals surface area (Å²) in [7, 11) is 0. The van der Waals surface area contributed by atoms with Gasteiger partial charge in [0.1, 0.15) is 5.00 Å². The molecule has 2 heterocycles. The standard InChI is InChI=1S/C44H33NO2S/c1-44(2)37-18-10-9-16-35(37)42-36(34-17-11-19-39-43(34)47-28-46-39)26-33(27-38(42)44)45(41-25-24-40(48-41)31-14-7-4-8-15-31)32-22-20-30(21-23-32)29-12-5-3-6-13-29/h3-27H,28H2,1-2H3. The summed E-state index contributed by atoms with van der Waals surface area (Å²) in [6.45, 7) is 4.92. The molecular weight excluding hydrogens is 607 g/mol. The molecule has 0 atom stereocenters. The van der Waals surface area contributed by atoms with Gasteiger partial charge in [0.25, 0.3) is 0 Å². The van der Waals surface area contributed by atoms with Crippen LogP contribution in [0.1, 0.15) is 25.0 Å². The normalized spacial score (nSPS) is 13.6. The van der Waals surface area contributed by atoms with Gasteiger partial charge in [0, 0.05) is 27.2 Å². The Bertz CT molecular complexity index is 2290. The van der Waals surface area contributed by atoms with Crippen LogP contribution in [0.25, 0.3) is 43.8 Å². The van der Waals surface area contributed by atoms with Crippen molar-refractivity contribution in [2.45, 2.75) is 19.3 Å². The summed E-state index contributed by atoms with van der Waals surface area (Å²) in [6.07, 6.45) is 0. The summed E-state index contributed by atoms with van der Waals surface area (Å²) >= 11 is 1.81. The Hall–Kier alpha value is -5.58. The van der Waals surface area contributed by atoms with Gasteiger partial charge in [-0.1, -0.05) is 123 Å². The molecule has 0 N–H and O–H groups in total. The molecule has 0 fully saturated rings. The summed E-state index contributed by atoms with van der Waals surface area (Å²) < 4.78 is 12.0. The third kappa shape index (κ3) is 4.63. The minimum Gasteiger partial charge on any atom is -0.454 e. The van der Waals surface area contributed by atoms with Gasteiger partial charge in [0.15, 0.2) is 11.5 Å². The van der Waals surface area contributed by atoms with E-state index in [-0.39, 0.29) is 12.2 Å². The molecular formula is C44H33NO2S. The van der Waals surface area contributed by atoms with Crippen LogP contribution in [0.3, 0.4) is 0 Å². The summed E-state index contributed by atoms with van der Waals surface area (Å²) in [5.41, 5.74) is 13.0. The van der Waals surface area contributed by atoms with Crippen LogP contribution >= 0.6 is 11.3 Å². The third-order valence-electron chi connectivity index (χ3n) is 9.71. The van der Waals surface area contributed by atoms with E-state index in [1.54, 1.807) is 0 Å². The SMILES string of the molecule is CC1(C)c2ccccc2-c2c(-c3cccc4c3OCO4)cc(N(c3ccc(-c4ccccc4)cc3)c3ccc(-c4ccccc4)s3)cc21. The van der Waals surface area contributed by atoms with Crippen molar-refractivity contribution in [1.82, 2.24) is 0 Å². The van der Waals surface area contributed by atoms with E-state index < -0.39 is 0 Å². The van der Waals surface area contributed by atoms with Gasteiger partial charge in [0.2, 0.25) is 6.79 Å². The highest BCUT2D eigenvalue weighted by molar-refractivity contribution is 7.19. The second kappa shape index (κ2) is 11.3. The molecule has 2 aliphatic rings. The third-order valence-corrected chi connectivity index (χ3v) is 10.8. The van der Waals surface area contributed by atoms with Crippen molar-refractivity contribution in [3.63, 3.8) is 0 Å². The van der Waals surface area contributed by atoms with Crippen molar-refractivity contribution in [3.05, 3.63) is 163 Å². The van der Waals surface area contributed by atoms with E-state index >= 15 is 0 Å². The lowest BCUT2D eigenvalue weighted by molar-refractivity contribution is 0.174. The van der Waals surface area contributed by atoms with Gasteiger partial charge in [-0.2, -0.15) is 0 Å². The fourth-order valence-corrected chi connectivity index (χ4v) is 8.38. The number of nitrogens with zero attached hydrogens (tertiary/aromatic N) is 1. The predicted molar refractivity (Wildman–Crippen MR) is 199 cm³/mol. The molecule has 232 valence electrons. The Morgan fingerprint density at radius 1 is 0.542 bits per heavy atom. The summed E-state index contributed by atoms with van der Waals surface area (Å²) in [5.74, 6) is 1.59. The molecule has 0 amide bonds. The van der Waals surface area contributed by atoms with E-state index in [4.69, 9.17) is 9.47 Å². The number of fused-ring (bicyclic) bond motifs is 4. The molecule has 0 saturated heterocycles. The number of anilines is 3. The molecule has 0 spiro atoms. The van der Waals surface area contributed by atoms with Crippen LogP contribution in [-0.4, -0.2) is 6.79 Å². The van der Waals surface area contributed by atoms with Gasteiger partial charge < -0.3 is 14.4 Å². The van der Waals surface area contributed by atoms with Crippen LogP contribution in [0.15, 0.2) is 152 Å². The van der Waals surface area contributed by atoms with Crippen molar-refractivity contribution < 1.29 is 9.47 Å². The lowest BCUT2D eigenvalue weighted by Crippen LogP contribution is -2.16. The van der Waals surface area contributed by atoms with Crippen LogP contribution in [0.2, 0.25) is 0 Å². The van der Waals surface area contributed by atoms with Crippen LogP contribution in [0.4, 0.5) is 16.4 Å². The average molecular weight is 640 g/mol. The number of rotatable bonds is 6. The summed E-state index contributed by atoms with van der Waals surface area (Å²) in [6, 6.07) is 54.5. The molecule has 48 heavy (non-hydrogen) atoms. The van der Waals surface area contributed by atoms with E-state index in [0.29, 0.717) is 0 Å². The molecule has 1 aliphatic carbocycles. The maximum atomic E-state index is 6.13. The van der Waals surface area contributed by atoms with Crippen molar-refractivity contribution >= 4 is 27.7 Å². The number of hydrogen-bond acceptors (Lipinski definition) is 4. The first-order valence-electron chi connectivity index (χ1n) is 16.3. The van der Waals surface area contributed by atoms with Crippen molar-refractivity contribution in [2.75, 3.05) is 11.7 Å². The first-order valence-corrected chi connectivity index (χ1v) is 17.2. The topological polar surface area (TPSA) is 21.7 Å². The average Bonchev–Trinajstić information content (AvgIpc) is 3.87. The molecule has 0 bridgehead atoms. The molecule has 6 aromatic carbocycles. The monoisotopic (exact) mass is 639 g/mol. The highest BCUT2D eigenvalue weighted by Crippen LogP contribution is 2.56. The highest BCUT2D eigenvalue weighted by Gasteiger charge is 2.38. The Balaban J connectivity index is 1.28. The molecule has 7 aromatic rings. The van der Waals surface area contributed by atoms with Gasteiger partial charge in [-0.25, -0.2) is 0 Å². The number of thiophene rings is 1. The summed E-state index contributed by atoms with van der Waals surface area (Å²) in [4.78, 5) is 3.65. The fraction of sp³-hybridized carbons (Fsp3) is 0.0909. The maximum absolute atomic E-state index is 6.13. The maximum Gasteiger partial charge on any atom is 0.231 e. The molecule has 0 saturated carbocycles. The highest BCUT2D eigenvalue weighted by atomic mass is 32.1. The van der Waals surface area contributed by atoms with E-state index in [9.17, 15) is 0 Å². The Kier molecular flexibility index (Phi) is 6.73. The second-order valence-corrected chi connectivity index (χ2v) is 13.9. The van der Waals surface area contributed by atoms with Gasteiger partial charge in [-0.15, -0.1) is 11.3 Å². The van der Waals surface area contributed by atoms with Crippen molar-refractivity contribution in [3.8, 4) is 55.3 Å². The van der Waals surface area contributed by atoms with E-state index in [1.165, 1.54) is 43.8 Å². The molecule has 0 radical (unpaired) electrons. The minimum absolute atomic E-state index is 0.195. The van der Waals surface area contributed by atoms with E-state index in [2.05, 4.69) is 164 Å².